The van der Waals surface area contributed by atoms with Gasteiger partial charge in [0.1, 0.15) is 11.6 Å². The van der Waals surface area contributed by atoms with Gasteiger partial charge in [-0.15, -0.1) is 0 Å². The van der Waals surface area contributed by atoms with Crippen LogP contribution in [-0.4, -0.2) is 23.1 Å². The summed E-state index contributed by atoms with van der Waals surface area (Å²) in [6.07, 6.45) is 3.69. The van der Waals surface area contributed by atoms with Gasteiger partial charge in [0, 0.05) is 12.1 Å². The quantitative estimate of drug-likeness (QED) is 0.809. The molecule has 2 nitrogen and oxygen atoms in total. The second-order valence-corrected chi connectivity index (χ2v) is 4.11. The summed E-state index contributed by atoms with van der Waals surface area (Å²) in [4.78, 5) is 2.26. The second-order valence-electron chi connectivity index (χ2n) is 4.11. The van der Waals surface area contributed by atoms with Crippen LogP contribution in [0.3, 0.4) is 0 Å². The monoisotopic (exact) mass is 209 g/mol. The third-order valence-corrected chi connectivity index (χ3v) is 2.88. The van der Waals surface area contributed by atoms with Crippen molar-refractivity contribution in [1.82, 2.24) is 4.90 Å². The molecule has 1 aromatic carbocycles. The van der Waals surface area contributed by atoms with Crippen molar-refractivity contribution >= 4 is 0 Å². The number of aromatic hydroxyl groups is 1. The first-order valence-electron chi connectivity index (χ1n) is 5.45. The van der Waals surface area contributed by atoms with Crippen LogP contribution in [0.4, 0.5) is 4.39 Å². The standard InChI is InChI=1S/C12H16FNO/c13-11-4-5-12(15)10(8-11)9-14-6-2-1-3-7-14/h4-5,8,15H,1-3,6-7,9H2. The Bertz CT molecular complexity index is 334. The lowest BCUT2D eigenvalue weighted by atomic mass is 10.1. The molecule has 0 radical (unpaired) electrons. The summed E-state index contributed by atoms with van der Waals surface area (Å²) >= 11 is 0. The molecule has 0 bridgehead atoms. The van der Waals surface area contributed by atoms with E-state index in [-0.39, 0.29) is 11.6 Å². The maximum Gasteiger partial charge on any atom is 0.123 e. The highest BCUT2D eigenvalue weighted by atomic mass is 19.1. The molecule has 15 heavy (non-hydrogen) atoms. The van der Waals surface area contributed by atoms with E-state index in [0.29, 0.717) is 12.1 Å². The van der Waals surface area contributed by atoms with Crippen LogP contribution in [0.25, 0.3) is 0 Å². The molecule has 0 aromatic heterocycles. The molecule has 1 heterocycles. The Morgan fingerprint density at radius 2 is 1.93 bits per heavy atom. The van der Waals surface area contributed by atoms with Crippen molar-refractivity contribution in [2.75, 3.05) is 13.1 Å². The van der Waals surface area contributed by atoms with Crippen LogP contribution >= 0.6 is 0 Å². The number of nitrogens with zero attached hydrogens (tertiary/aromatic N) is 1. The fourth-order valence-corrected chi connectivity index (χ4v) is 2.04. The number of benzene rings is 1. The summed E-state index contributed by atoms with van der Waals surface area (Å²) < 4.78 is 13.0. The van der Waals surface area contributed by atoms with E-state index < -0.39 is 0 Å². The SMILES string of the molecule is Oc1ccc(F)cc1CN1CCCCC1. The molecule has 2 rings (SSSR count). The maximum absolute atomic E-state index is 13.0. The van der Waals surface area contributed by atoms with Gasteiger partial charge in [0.2, 0.25) is 0 Å². The van der Waals surface area contributed by atoms with Gasteiger partial charge in [-0.3, -0.25) is 4.90 Å². The normalized spacial score (nSPS) is 17.9. The molecule has 1 N–H and O–H groups in total. The van der Waals surface area contributed by atoms with E-state index in [1.807, 2.05) is 0 Å². The highest BCUT2D eigenvalue weighted by Gasteiger charge is 2.12. The minimum atomic E-state index is -0.278. The zero-order chi connectivity index (χ0) is 10.7. The van der Waals surface area contributed by atoms with Gasteiger partial charge in [0.15, 0.2) is 0 Å². The number of likely N-dealkylation sites (tertiary alicyclic amines) is 1. The van der Waals surface area contributed by atoms with Gasteiger partial charge < -0.3 is 5.11 Å². The Balaban J connectivity index is 2.05. The average molecular weight is 209 g/mol. The lowest BCUT2D eigenvalue weighted by Gasteiger charge is -2.26. The Morgan fingerprint density at radius 3 is 2.67 bits per heavy atom. The van der Waals surface area contributed by atoms with E-state index in [4.69, 9.17) is 0 Å². The average Bonchev–Trinajstić information content (AvgIpc) is 2.25. The molecule has 0 unspecified atom stereocenters. The molecule has 1 fully saturated rings. The number of phenolic OH excluding ortho intramolecular Hbond substituents is 1. The molecule has 3 heteroatoms. The lowest BCUT2D eigenvalue weighted by molar-refractivity contribution is 0.218. The first-order chi connectivity index (χ1) is 7.25. The van der Waals surface area contributed by atoms with E-state index in [1.165, 1.54) is 37.5 Å². The fourth-order valence-electron chi connectivity index (χ4n) is 2.04. The molecule has 0 spiro atoms. The predicted octanol–water partition coefficient (Wildman–Crippen LogP) is 2.52. The molecule has 1 aromatic rings. The van der Waals surface area contributed by atoms with E-state index in [9.17, 15) is 9.50 Å². The molecule has 1 aliphatic heterocycles. The predicted molar refractivity (Wildman–Crippen MR) is 57.2 cm³/mol. The highest BCUT2D eigenvalue weighted by Crippen LogP contribution is 2.21. The first kappa shape index (κ1) is 10.4. The third-order valence-electron chi connectivity index (χ3n) is 2.88. The van der Waals surface area contributed by atoms with Gasteiger partial charge in [0.05, 0.1) is 0 Å². The van der Waals surface area contributed by atoms with Crippen LogP contribution in [0.2, 0.25) is 0 Å². The fraction of sp³-hybridized carbons (Fsp3) is 0.500. The second kappa shape index (κ2) is 4.62. The topological polar surface area (TPSA) is 23.5 Å². The summed E-state index contributed by atoms with van der Waals surface area (Å²) in [6.45, 7) is 2.76. The zero-order valence-corrected chi connectivity index (χ0v) is 8.75. The van der Waals surface area contributed by atoms with Crippen LogP contribution in [0.15, 0.2) is 18.2 Å². The minimum absolute atomic E-state index is 0.196. The molecule has 0 saturated carbocycles. The van der Waals surface area contributed by atoms with Gasteiger partial charge in [-0.05, 0) is 44.1 Å². The van der Waals surface area contributed by atoms with Gasteiger partial charge in [-0.1, -0.05) is 6.42 Å². The molecule has 1 aliphatic rings. The van der Waals surface area contributed by atoms with Crippen LogP contribution in [0, 0.1) is 5.82 Å². The molecule has 0 atom stereocenters. The Hall–Kier alpha value is -1.09. The Kier molecular flexibility index (Phi) is 3.21. The van der Waals surface area contributed by atoms with E-state index >= 15 is 0 Å². The molecule has 0 amide bonds. The molecule has 82 valence electrons. The Labute approximate surface area is 89.3 Å². The van der Waals surface area contributed by atoms with Crippen molar-refractivity contribution in [3.05, 3.63) is 29.6 Å². The largest absolute Gasteiger partial charge is 0.508 e. The van der Waals surface area contributed by atoms with Crippen LogP contribution < -0.4 is 0 Å². The Morgan fingerprint density at radius 1 is 1.20 bits per heavy atom. The number of hydrogen-bond acceptors (Lipinski definition) is 2. The van der Waals surface area contributed by atoms with E-state index in [0.717, 1.165) is 13.1 Å². The molecular formula is C12H16FNO. The van der Waals surface area contributed by atoms with Gasteiger partial charge in [-0.25, -0.2) is 4.39 Å². The van der Waals surface area contributed by atoms with Crippen molar-refractivity contribution in [1.29, 1.82) is 0 Å². The molecule has 0 aliphatic carbocycles. The minimum Gasteiger partial charge on any atom is -0.508 e. The molecular weight excluding hydrogens is 193 g/mol. The van der Waals surface area contributed by atoms with Gasteiger partial charge >= 0.3 is 0 Å². The number of piperidine rings is 1. The van der Waals surface area contributed by atoms with Crippen molar-refractivity contribution in [3.8, 4) is 5.75 Å². The van der Waals surface area contributed by atoms with Crippen molar-refractivity contribution in [2.45, 2.75) is 25.8 Å². The number of rotatable bonds is 2. The lowest BCUT2D eigenvalue weighted by Crippen LogP contribution is -2.29. The smallest absolute Gasteiger partial charge is 0.123 e. The summed E-state index contributed by atoms with van der Waals surface area (Å²) in [5.41, 5.74) is 0.692. The maximum atomic E-state index is 13.0. The van der Waals surface area contributed by atoms with Crippen LogP contribution in [0.1, 0.15) is 24.8 Å². The summed E-state index contributed by atoms with van der Waals surface area (Å²) in [5, 5.41) is 9.57. The van der Waals surface area contributed by atoms with Crippen molar-refractivity contribution in [3.63, 3.8) is 0 Å². The zero-order valence-electron chi connectivity index (χ0n) is 8.75. The first-order valence-corrected chi connectivity index (χ1v) is 5.45. The summed E-state index contributed by atoms with van der Waals surface area (Å²) in [7, 11) is 0. The van der Waals surface area contributed by atoms with Crippen LogP contribution in [0.5, 0.6) is 5.75 Å². The van der Waals surface area contributed by atoms with Crippen molar-refractivity contribution in [2.24, 2.45) is 0 Å². The van der Waals surface area contributed by atoms with E-state index in [2.05, 4.69) is 4.90 Å². The van der Waals surface area contributed by atoms with E-state index in [1.54, 1.807) is 0 Å². The van der Waals surface area contributed by atoms with Crippen LogP contribution in [-0.2, 0) is 6.54 Å². The third kappa shape index (κ3) is 2.69. The number of hydrogen-bond donors (Lipinski definition) is 1. The van der Waals surface area contributed by atoms with Gasteiger partial charge in [-0.2, -0.15) is 0 Å². The highest BCUT2D eigenvalue weighted by molar-refractivity contribution is 5.32. The van der Waals surface area contributed by atoms with Crippen molar-refractivity contribution < 1.29 is 9.50 Å². The number of phenols is 1. The summed E-state index contributed by atoms with van der Waals surface area (Å²) in [6, 6.07) is 4.13. The summed E-state index contributed by atoms with van der Waals surface area (Å²) in [5.74, 6) is -0.0817. The number of halogens is 1. The van der Waals surface area contributed by atoms with Gasteiger partial charge in [0.25, 0.3) is 0 Å². The molecule has 1 saturated heterocycles.